The van der Waals surface area contributed by atoms with Gasteiger partial charge in [0.2, 0.25) is 9.76 Å². The predicted octanol–water partition coefficient (Wildman–Crippen LogP) is 1.30. The number of hydrogen-bond acceptors (Lipinski definition) is 2. The second-order valence-corrected chi connectivity index (χ2v) is 5.18. The Morgan fingerprint density at radius 2 is 1.75 bits per heavy atom. The summed E-state index contributed by atoms with van der Waals surface area (Å²) in [4.78, 5) is 0. The molecule has 0 unspecified atom stereocenters. The van der Waals surface area contributed by atoms with Crippen LogP contribution in [0.4, 0.5) is 0 Å². The molecule has 0 saturated carbocycles. The topological polar surface area (TPSA) is 29.5 Å². The highest BCUT2D eigenvalue weighted by Crippen LogP contribution is 2.05. The summed E-state index contributed by atoms with van der Waals surface area (Å²) >= 11 is 0. The molecule has 0 aromatic rings. The maximum atomic E-state index is 8.54. The van der Waals surface area contributed by atoms with Crippen molar-refractivity contribution in [3.05, 3.63) is 0 Å². The lowest BCUT2D eigenvalue weighted by Crippen LogP contribution is -1.96. The molecule has 0 bridgehead atoms. The standard InChI is InChI=1S/C8H18O2Si2/c1-10-12-7-5-3-2-4-6-11-8-9/h9H,2-8H2,1H3. The Balaban J connectivity index is 2.73. The van der Waals surface area contributed by atoms with E-state index in [1.807, 2.05) is 0 Å². The van der Waals surface area contributed by atoms with Crippen molar-refractivity contribution in [3.63, 3.8) is 0 Å². The Labute approximate surface area is 80.5 Å². The lowest BCUT2D eigenvalue weighted by atomic mass is 10.2. The fraction of sp³-hybridized carbons (Fsp3) is 1.00. The molecule has 0 atom stereocenters. The highest BCUT2D eigenvalue weighted by atomic mass is 28.2. The van der Waals surface area contributed by atoms with Gasteiger partial charge in [-0.1, -0.05) is 31.7 Å². The predicted molar refractivity (Wildman–Crippen MR) is 53.7 cm³/mol. The van der Waals surface area contributed by atoms with E-state index < -0.39 is 0 Å². The molecule has 12 heavy (non-hydrogen) atoms. The highest BCUT2D eigenvalue weighted by Gasteiger charge is 1.92. The molecule has 4 radical (unpaired) electrons. The van der Waals surface area contributed by atoms with Crippen molar-refractivity contribution >= 4 is 19.3 Å². The molecule has 0 aromatic carbocycles. The van der Waals surface area contributed by atoms with E-state index in [0.29, 0.717) is 16.0 Å². The summed E-state index contributed by atoms with van der Waals surface area (Å²) in [7, 11) is 3.21. The van der Waals surface area contributed by atoms with Gasteiger partial charge in [0.05, 0.1) is 9.52 Å². The first-order chi connectivity index (χ1) is 5.91. The van der Waals surface area contributed by atoms with Crippen molar-refractivity contribution in [2.24, 2.45) is 0 Å². The second-order valence-electron chi connectivity index (χ2n) is 2.67. The summed E-state index contributed by atoms with van der Waals surface area (Å²) in [5.74, 6) is 0. The Morgan fingerprint density at radius 1 is 1.08 bits per heavy atom. The number of aliphatic hydroxyl groups excluding tert-OH is 1. The van der Waals surface area contributed by atoms with E-state index in [1.165, 1.54) is 37.8 Å². The van der Waals surface area contributed by atoms with Gasteiger partial charge in [-0.15, -0.1) is 0 Å². The van der Waals surface area contributed by atoms with E-state index in [0.717, 1.165) is 9.52 Å². The Hall–Kier alpha value is 0.354. The van der Waals surface area contributed by atoms with Crippen LogP contribution in [0, 0.1) is 0 Å². The minimum absolute atomic E-state index is 0.380. The summed E-state index contributed by atoms with van der Waals surface area (Å²) in [6.07, 6.45) is 5.61. The molecular weight excluding hydrogens is 184 g/mol. The molecule has 0 spiro atoms. The normalized spacial score (nSPS) is 10.5. The third kappa shape index (κ3) is 10.4. The van der Waals surface area contributed by atoms with E-state index in [9.17, 15) is 0 Å². The van der Waals surface area contributed by atoms with Gasteiger partial charge in [0.15, 0.2) is 0 Å². The average molecular weight is 202 g/mol. The van der Waals surface area contributed by atoms with Crippen LogP contribution in [0.3, 0.4) is 0 Å². The largest absolute Gasteiger partial charge is 0.421 e. The monoisotopic (exact) mass is 202 g/mol. The van der Waals surface area contributed by atoms with Crippen LogP contribution in [0.15, 0.2) is 0 Å². The van der Waals surface area contributed by atoms with Crippen molar-refractivity contribution in [2.75, 3.05) is 13.3 Å². The van der Waals surface area contributed by atoms with Crippen LogP contribution in [0.1, 0.15) is 25.7 Å². The number of rotatable bonds is 9. The van der Waals surface area contributed by atoms with E-state index >= 15 is 0 Å². The quantitative estimate of drug-likeness (QED) is 0.451. The van der Waals surface area contributed by atoms with Crippen LogP contribution in [0.5, 0.6) is 0 Å². The van der Waals surface area contributed by atoms with Crippen LogP contribution < -0.4 is 0 Å². The Morgan fingerprint density at radius 3 is 2.33 bits per heavy atom. The lowest BCUT2D eigenvalue weighted by Gasteiger charge is -1.98. The van der Waals surface area contributed by atoms with Crippen LogP contribution in [0.2, 0.25) is 12.1 Å². The molecule has 0 aliphatic heterocycles. The van der Waals surface area contributed by atoms with Crippen molar-refractivity contribution in [1.82, 2.24) is 0 Å². The summed E-state index contributed by atoms with van der Waals surface area (Å²) < 4.78 is 4.98. The molecule has 0 saturated heterocycles. The summed E-state index contributed by atoms with van der Waals surface area (Å²) in [6.45, 7) is 0. The van der Waals surface area contributed by atoms with E-state index in [1.54, 1.807) is 7.11 Å². The van der Waals surface area contributed by atoms with E-state index in [2.05, 4.69) is 0 Å². The van der Waals surface area contributed by atoms with Crippen LogP contribution >= 0.6 is 0 Å². The van der Waals surface area contributed by atoms with Crippen LogP contribution in [-0.4, -0.2) is 37.7 Å². The van der Waals surface area contributed by atoms with Crippen LogP contribution in [-0.2, 0) is 4.43 Å². The molecular formula is C8H18O2Si2. The molecule has 0 rings (SSSR count). The smallest absolute Gasteiger partial charge is 0.229 e. The first-order valence-electron chi connectivity index (χ1n) is 4.49. The fourth-order valence-corrected chi connectivity index (χ4v) is 2.24. The van der Waals surface area contributed by atoms with Gasteiger partial charge in [-0.25, -0.2) is 0 Å². The summed E-state index contributed by atoms with van der Waals surface area (Å²) in [5, 5.41) is 8.54. The Kier molecular flexibility index (Phi) is 11.7. The number of hydrogen-bond donors (Lipinski definition) is 1. The van der Waals surface area contributed by atoms with Crippen molar-refractivity contribution in [3.8, 4) is 0 Å². The molecule has 70 valence electrons. The van der Waals surface area contributed by atoms with Gasteiger partial charge in [-0.2, -0.15) is 0 Å². The second kappa shape index (κ2) is 11.4. The van der Waals surface area contributed by atoms with Gasteiger partial charge in [0.25, 0.3) is 0 Å². The summed E-state index contributed by atoms with van der Waals surface area (Å²) in [5.41, 5.74) is 0. The van der Waals surface area contributed by atoms with Crippen LogP contribution in [0.25, 0.3) is 0 Å². The average Bonchev–Trinajstić information content (AvgIpc) is 2.10. The molecule has 0 amide bonds. The van der Waals surface area contributed by atoms with Crippen molar-refractivity contribution < 1.29 is 9.53 Å². The Bertz CT molecular complexity index is 71.5. The fourth-order valence-electron chi connectivity index (χ4n) is 0.982. The maximum Gasteiger partial charge on any atom is 0.229 e. The van der Waals surface area contributed by atoms with Gasteiger partial charge < -0.3 is 9.53 Å². The van der Waals surface area contributed by atoms with E-state index in [-0.39, 0.29) is 0 Å². The maximum absolute atomic E-state index is 8.54. The molecule has 1 N–H and O–H groups in total. The number of aliphatic hydroxyl groups is 1. The molecule has 0 aliphatic rings. The molecule has 2 nitrogen and oxygen atoms in total. The first kappa shape index (κ1) is 12.4. The minimum Gasteiger partial charge on any atom is -0.421 e. The molecule has 0 heterocycles. The highest BCUT2D eigenvalue weighted by molar-refractivity contribution is 6.34. The van der Waals surface area contributed by atoms with Gasteiger partial charge in [-0.3, -0.25) is 0 Å². The first-order valence-corrected chi connectivity index (χ1v) is 7.02. The zero-order valence-electron chi connectivity index (χ0n) is 7.81. The third-order valence-corrected chi connectivity index (χ3v) is 3.42. The van der Waals surface area contributed by atoms with Crippen molar-refractivity contribution in [2.45, 2.75) is 37.8 Å². The van der Waals surface area contributed by atoms with Crippen molar-refractivity contribution in [1.29, 1.82) is 0 Å². The molecule has 0 aromatic heterocycles. The van der Waals surface area contributed by atoms with Gasteiger partial charge in [0.1, 0.15) is 0 Å². The zero-order chi connectivity index (χ0) is 9.07. The SMILES string of the molecule is CO[Si]CCCCCC[Si]CO. The number of unbranched alkanes of at least 4 members (excludes halogenated alkanes) is 3. The van der Waals surface area contributed by atoms with Gasteiger partial charge in [-0.05, 0) is 6.04 Å². The molecule has 0 fully saturated rings. The lowest BCUT2D eigenvalue weighted by molar-refractivity contribution is 0.365. The molecule has 4 heteroatoms. The molecule has 0 aliphatic carbocycles. The zero-order valence-corrected chi connectivity index (χ0v) is 9.81. The van der Waals surface area contributed by atoms with Gasteiger partial charge in [0, 0.05) is 13.3 Å². The minimum atomic E-state index is 0.380. The van der Waals surface area contributed by atoms with E-state index in [4.69, 9.17) is 9.53 Å². The third-order valence-electron chi connectivity index (χ3n) is 1.64. The van der Waals surface area contributed by atoms with Gasteiger partial charge >= 0.3 is 0 Å². The summed E-state index contributed by atoms with van der Waals surface area (Å²) in [6, 6.07) is 2.43.